The minimum absolute atomic E-state index is 0.126. The molecule has 3 N–H and O–H groups in total. The Bertz CT molecular complexity index is 1530. The molecule has 0 amide bonds. The van der Waals surface area contributed by atoms with Gasteiger partial charge in [0.2, 0.25) is 0 Å². The fourth-order valence-electron chi connectivity index (χ4n) is 3.35. The van der Waals surface area contributed by atoms with Gasteiger partial charge in [0.25, 0.3) is 20.6 Å². The molecule has 0 radical (unpaired) electrons. The molecule has 3 unspecified atom stereocenters. The van der Waals surface area contributed by atoms with E-state index in [1.807, 2.05) is 0 Å². The fourth-order valence-corrected chi connectivity index (χ4v) is 8.20. The Kier molecular flexibility index (Phi) is 9.13. The first-order valence-electron chi connectivity index (χ1n) is 10.7. The highest BCUT2D eigenvalue weighted by Crippen LogP contribution is 2.78. The van der Waals surface area contributed by atoms with E-state index in [-0.39, 0.29) is 12.0 Å². The number of halogens is 2. The number of aromatic nitrogens is 2. The molecule has 1 aromatic carbocycles. The standard InChI is InChI=1S/C17H21BF2N5O11P3/c1-10-8-25(16(27)22-15(10)26)14-7-12(23-24-21)13(34-14)9-33-39(18,32)36-38(30,31)17(19,20)37(28,29)35-11-5-3-2-4-6-11/h2-6,8,12-14H,7,9,18H2,1H3,(H,28,29)(H,30,31)(H,22,26,27)/t12-,13-,14-,39?/m1/s1. The number of hydrogen-bond acceptors (Lipinski definition) is 10. The summed E-state index contributed by atoms with van der Waals surface area (Å²) in [6, 6.07) is 5.02. The Morgan fingerprint density at radius 3 is 2.51 bits per heavy atom. The van der Waals surface area contributed by atoms with E-state index in [2.05, 4.69) is 23.8 Å². The number of azide groups is 1. The van der Waals surface area contributed by atoms with Crippen molar-refractivity contribution in [1.29, 1.82) is 0 Å². The number of alkyl halides is 2. The number of benzene rings is 1. The zero-order chi connectivity index (χ0) is 29.2. The third-order valence-corrected chi connectivity index (χ3v) is 11.3. The van der Waals surface area contributed by atoms with Crippen LogP contribution in [0.15, 0.2) is 51.2 Å². The van der Waals surface area contributed by atoms with Gasteiger partial charge in [0.15, 0.2) is 0 Å². The third kappa shape index (κ3) is 6.96. The van der Waals surface area contributed by atoms with Crippen LogP contribution >= 0.6 is 22.7 Å². The molecule has 212 valence electrons. The molecule has 1 aromatic heterocycles. The predicted molar refractivity (Wildman–Crippen MR) is 132 cm³/mol. The van der Waals surface area contributed by atoms with Gasteiger partial charge in [-0.05, 0) is 24.6 Å². The average Bonchev–Trinajstić information content (AvgIpc) is 3.22. The molecular formula is C17H21BF2N5O11P3. The molecule has 1 aliphatic heterocycles. The molecule has 0 spiro atoms. The molecule has 0 bridgehead atoms. The van der Waals surface area contributed by atoms with Crippen LogP contribution in [0.2, 0.25) is 0 Å². The van der Waals surface area contributed by atoms with Crippen LogP contribution in [-0.4, -0.2) is 51.1 Å². The molecular weight excluding hydrogens is 592 g/mol. The molecule has 1 fully saturated rings. The Morgan fingerprint density at radius 1 is 1.26 bits per heavy atom. The predicted octanol–water partition coefficient (Wildman–Crippen LogP) is 2.59. The fraction of sp³-hybridized carbons (Fsp3) is 0.412. The third-order valence-electron chi connectivity index (χ3n) is 5.24. The van der Waals surface area contributed by atoms with E-state index in [4.69, 9.17) is 14.8 Å². The highest BCUT2D eigenvalue weighted by Gasteiger charge is 2.69. The summed E-state index contributed by atoms with van der Waals surface area (Å²) < 4.78 is 86.5. The maximum atomic E-state index is 14.6. The number of nitrogens with zero attached hydrogens (tertiary/aromatic N) is 4. The zero-order valence-corrected chi connectivity index (χ0v) is 22.7. The van der Waals surface area contributed by atoms with Crippen molar-refractivity contribution in [2.24, 2.45) is 5.11 Å². The molecule has 0 saturated carbocycles. The lowest BCUT2D eigenvalue weighted by molar-refractivity contribution is -0.0232. The van der Waals surface area contributed by atoms with Crippen molar-refractivity contribution in [3.63, 3.8) is 0 Å². The molecule has 0 aliphatic carbocycles. The van der Waals surface area contributed by atoms with Crippen LogP contribution < -0.4 is 15.8 Å². The van der Waals surface area contributed by atoms with E-state index < -0.39 is 70.0 Å². The largest absolute Gasteiger partial charge is 0.459 e. The van der Waals surface area contributed by atoms with Crippen LogP contribution in [0.3, 0.4) is 0 Å². The van der Waals surface area contributed by atoms with Gasteiger partial charge >= 0.3 is 26.3 Å². The Labute approximate surface area is 218 Å². The number of rotatable bonds is 11. The van der Waals surface area contributed by atoms with Crippen molar-refractivity contribution in [2.75, 3.05) is 6.61 Å². The zero-order valence-electron chi connectivity index (χ0n) is 20.1. The average molecular weight is 613 g/mol. The molecule has 6 atom stereocenters. The summed E-state index contributed by atoms with van der Waals surface area (Å²) in [5.74, 6) is -0.521. The Morgan fingerprint density at radius 2 is 1.90 bits per heavy atom. The molecule has 22 heteroatoms. The maximum absolute atomic E-state index is 14.6. The lowest BCUT2D eigenvalue weighted by Crippen LogP contribution is -2.33. The van der Waals surface area contributed by atoms with E-state index in [0.717, 1.165) is 16.7 Å². The van der Waals surface area contributed by atoms with E-state index >= 15 is 0 Å². The summed E-state index contributed by atoms with van der Waals surface area (Å²) in [5, 5.41) is -1.95. The van der Waals surface area contributed by atoms with Gasteiger partial charge in [-0.25, -0.2) is 13.7 Å². The van der Waals surface area contributed by atoms with E-state index in [1.54, 1.807) is 0 Å². The number of aryl methyl sites for hydroxylation is 1. The minimum Gasteiger partial charge on any atom is -0.420 e. The van der Waals surface area contributed by atoms with Crippen molar-refractivity contribution in [3.8, 4) is 5.75 Å². The second-order valence-corrected chi connectivity index (χ2v) is 14.4. The highest BCUT2D eigenvalue weighted by atomic mass is 31.3. The van der Waals surface area contributed by atoms with Gasteiger partial charge in [-0.1, -0.05) is 23.3 Å². The first-order valence-corrected chi connectivity index (χ1v) is 15.9. The van der Waals surface area contributed by atoms with Gasteiger partial charge in [0.05, 0.1) is 18.8 Å². The first-order chi connectivity index (χ1) is 18.0. The van der Waals surface area contributed by atoms with Crippen molar-refractivity contribution in [3.05, 3.63) is 73.4 Å². The van der Waals surface area contributed by atoms with Crippen LogP contribution in [0.25, 0.3) is 10.4 Å². The van der Waals surface area contributed by atoms with Gasteiger partial charge in [-0.3, -0.25) is 23.5 Å². The Balaban J connectivity index is 1.74. The molecule has 1 saturated heterocycles. The summed E-state index contributed by atoms with van der Waals surface area (Å²) in [6.07, 6.45) is -1.30. The lowest BCUT2D eigenvalue weighted by atomic mass is 10.1. The number of ether oxygens (including phenoxy) is 1. The second kappa shape index (κ2) is 11.5. The van der Waals surface area contributed by atoms with Crippen molar-refractivity contribution < 1.29 is 50.4 Å². The van der Waals surface area contributed by atoms with Crippen molar-refractivity contribution in [1.82, 2.24) is 9.55 Å². The smallest absolute Gasteiger partial charge is 0.420 e. The lowest BCUT2D eigenvalue weighted by Gasteiger charge is -2.28. The quantitative estimate of drug-likeness (QED) is 0.110. The number of aromatic amines is 1. The summed E-state index contributed by atoms with van der Waals surface area (Å²) in [6.45, 7) is 0.604. The van der Waals surface area contributed by atoms with Crippen molar-refractivity contribution >= 4 is 30.2 Å². The number of nitrogens with one attached hydrogen (secondary N) is 1. The number of hydrogen-bond donors (Lipinski definition) is 3. The van der Waals surface area contributed by atoms with E-state index in [1.165, 1.54) is 31.3 Å². The summed E-state index contributed by atoms with van der Waals surface area (Å²) >= 11 is 0. The van der Waals surface area contributed by atoms with Crippen LogP contribution in [0.1, 0.15) is 18.2 Å². The summed E-state index contributed by atoms with van der Waals surface area (Å²) in [5.41, 5.74) is 7.50. The van der Waals surface area contributed by atoms with E-state index in [9.17, 15) is 41.9 Å². The minimum atomic E-state index is -6.50. The summed E-state index contributed by atoms with van der Waals surface area (Å²) in [4.78, 5) is 48.1. The topological polar surface area (TPSA) is 232 Å². The van der Waals surface area contributed by atoms with Gasteiger partial charge in [-0.2, -0.15) is 8.78 Å². The molecule has 39 heavy (non-hydrogen) atoms. The molecule has 2 aromatic rings. The van der Waals surface area contributed by atoms with Gasteiger partial charge in [0.1, 0.15) is 12.0 Å². The molecule has 2 heterocycles. The maximum Gasteiger partial charge on any atom is 0.459 e. The molecule has 3 rings (SSSR count). The monoisotopic (exact) mass is 613 g/mol. The van der Waals surface area contributed by atoms with Gasteiger partial charge in [-0.15, -0.1) is 0 Å². The normalized spacial score (nSPS) is 24.1. The van der Waals surface area contributed by atoms with Crippen molar-refractivity contribution in [2.45, 2.75) is 37.1 Å². The second-order valence-electron chi connectivity index (χ2n) is 8.22. The van der Waals surface area contributed by atoms with E-state index in [0.29, 0.717) is 7.57 Å². The first kappa shape index (κ1) is 31.0. The van der Waals surface area contributed by atoms with Crippen LogP contribution in [-0.2, 0) is 27.3 Å². The van der Waals surface area contributed by atoms with Gasteiger partial charge in [0, 0.05) is 23.1 Å². The summed E-state index contributed by atoms with van der Waals surface area (Å²) in [7, 11) is -17.1. The number of H-pyrrole nitrogens is 1. The molecule has 1 aliphatic rings. The highest BCUT2D eigenvalue weighted by molar-refractivity contribution is 7.86. The SMILES string of the molecule is BP(=O)(OC[C@H]1O[C@@H](n2cc(C)c(=O)[nH]c2=O)C[C@H]1N=[N+]=[N-])OP(=O)(O)C(F)(F)P(=O)(O)Oc1ccccc1. The number of para-hydroxylation sites is 1. The van der Waals surface area contributed by atoms with Crippen LogP contribution in [0.5, 0.6) is 5.75 Å². The Hall–Kier alpha value is -2.58. The molecule has 16 nitrogen and oxygen atoms in total. The van der Waals surface area contributed by atoms with Crippen LogP contribution in [0, 0.1) is 6.92 Å². The van der Waals surface area contributed by atoms with Crippen LogP contribution in [0.4, 0.5) is 8.78 Å². The van der Waals surface area contributed by atoms with Gasteiger partial charge < -0.3 is 23.6 Å².